The number of aromatic nitrogens is 1. The highest BCUT2D eigenvalue weighted by molar-refractivity contribution is 6.32. The lowest BCUT2D eigenvalue weighted by atomic mass is 9.87. The second-order valence-electron chi connectivity index (χ2n) is 6.90. The largest absolute Gasteiger partial charge is 0.351 e. The van der Waals surface area contributed by atoms with Crippen LogP contribution in [0, 0.1) is 0 Å². The lowest BCUT2D eigenvalue weighted by Gasteiger charge is -2.14. The van der Waals surface area contributed by atoms with Crippen molar-refractivity contribution in [3.8, 4) is 0 Å². The van der Waals surface area contributed by atoms with Crippen molar-refractivity contribution in [2.45, 2.75) is 0 Å². The number of rotatable bonds is 4. The second-order valence-corrected chi connectivity index (χ2v) is 6.90. The molecule has 1 amide bonds. The lowest BCUT2D eigenvalue weighted by molar-refractivity contribution is 0.0950. The number of aromatic amines is 1. The Labute approximate surface area is 156 Å². The Morgan fingerprint density at radius 3 is 2.44 bits per heavy atom. The summed E-state index contributed by atoms with van der Waals surface area (Å²) in [5.74, 6) is -0.603. The number of carbonyl (C=O) groups excluding carboxylic acids is 3. The molecule has 1 aliphatic carbocycles. The van der Waals surface area contributed by atoms with Gasteiger partial charge in [-0.3, -0.25) is 14.4 Å². The van der Waals surface area contributed by atoms with Gasteiger partial charge in [0.15, 0.2) is 5.78 Å². The van der Waals surface area contributed by atoms with Crippen molar-refractivity contribution in [3.63, 3.8) is 0 Å². The molecular weight excluding hydrogens is 342 g/mol. The Hall–Kier alpha value is -3.25. The molecule has 2 N–H and O–H groups in total. The van der Waals surface area contributed by atoms with E-state index in [1.54, 1.807) is 42.5 Å². The van der Waals surface area contributed by atoms with Crippen molar-refractivity contribution in [2.75, 3.05) is 27.2 Å². The van der Waals surface area contributed by atoms with E-state index in [1.807, 2.05) is 19.0 Å². The quantitative estimate of drug-likeness (QED) is 0.584. The van der Waals surface area contributed by atoms with Crippen LogP contribution in [-0.2, 0) is 0 Å². The number of amides is 1. The van der Waals surface area contributed by atoms with Crippen LogP contribution in [-0.4, -0.2) is 54.5 Å². The summed E-state index contributed by atoms with van der Waals surface area (Å²) in [5.41, 5.74) is 2.57. The zero-order chi connectivity index (χ0) is 19.1. The van der Waals surface area contributed by atoms with Gasteiger partial charge in [-0.1, -0.05) is 24.3 Å². The normalized spacial score (nSPS) is 13.0. The molecule has 0 unspecified atom stereocenters. The number of H-pyrrole nitrogens is 1. The predicted molar refractivity (Wildman–Crippen MR) is 102 cm³/mol. The number of nitrogens with zero attached hydrogens (tertiary/aromatic N) is 1. The van der Waals surface area contributed by atoms with Gasteiger partial charge in [0.25, 0.3) is 5.91 Å². The van der Waals surface area contributed by atoms with Gasteiger partial charge in [-0.15, -0.1) is 0 Å². The minimum atomic E-state index is -0.205. The summed E-state index contributed by atoms with van der Waals surface area (Å²) in [6, 6.07) is 11.9. The van der Waals surface area contributed by atoms with Crippen LogP contribution in [0.5, 0.6) is 0 Å². The summed E-state index contributed by atoms with van der Waals surface area (Å²) in [6.45, 7) is 1.26. The maximum atomic E-state index is 13.0. The Balaban J connectivity index is 1.75. The summed E-state index contributed by atoms with van der Waals surface area (Å²) in [7, 11) is 3.87. The van der Waals surface area contributed by atoms with Crippen LogP contribution >= 0.6 is 0 Å². The molecule has 0 fully saturated rings. The molecule has 27 heavy (non-hydrogen) atoms. The fraction of sp³-hybridized carbons (Fsp3) is 0.190. The second kappa shape index (κ2) is 6.48. The molecule has 3 aromatic rings. The molecule has 0 aliphatic heterocycles. The first-order valence-corrected chi connectivity index (χ1v) is 8.74. The van der Waals surface area contributed by atoms with Gasteiger partial charge in [-0.2, -0.15) is 0 Å². The molecule has 0 atom stereocenters. The third-order valence-electron chi connectivity index (χ3n) is 4.78. The highest BCUT2D eigenvalue weighted by Gasteiger charge is 2.33. The van der Waals surface area contributed by atoms with E-state index < -0.39 is 0 Å². The maximum absolute atomic E-state index is 13.0. The monoisotopic (exact) mass is 361 g/mol. The van der Waals surface area contributed by atoms with Crippen molar-refractivity contribution >= 4 is 28.4 Å². The highest BCUT2D eigenvalue weighted by Crippen LogP contribution is 2.33. The van der Waals surface area contributed by atoms with Crippen molar-refractivity contribution < 1.29 is 14.4 Å². The smallest absolute Gasteiger partial charge is 0.251 e. The molecule has 0 saturated heterocycles. The van der Waals surface area contributed by atoms with E-state index >= 15 is 0 Å². The summed E-state index contributed by atoms with van der Waals surface area (Å²) in [5, 5.41) is 3.46. The van der Waals surface area contributed by atoms with Crippen LogP contribution in [0.25, 0.3) is 10.9 Å². The Morgan fingerprint density at radius 1 is 1.04 bits per heavy atom. The Morgan fingerprint density at radius 2 is 1.74 bits per heavy atom. The van der Waals surface area contributed by atoms with Gasteiger partial charge in [0.1, 0.15) is 0 Å². The third-order valence-corrected chi connectivity index (χ3v) is 4.78. The number of benzene rings is 2. The van der Waals surface area contributed by atoms with Gasteiger partial charge >= 0.3 is 0 Å². The summed E-state index contributed by atoms with van der Waals surface area (Å²) >= 11 is 0. The van der Waals surface area contributed by atoms with Gasteiger partial charge < -0.3 is 15.2 Å². The predicted octanol–water partition coefficient (Wildman–Crippen LogP) is 2.23. The SMILES string of the molecule is CN(C)CCNC(=O)c1ccc2[nH]c3c(c2c1)C(=O)c1ccccc1C3=O. The maximum Gasteiger partial charge on any atom is 0.251 e. The standard InChI is InChI=1S/C21H19N3O3/c1-24(2)10-9-22-21(27)12-7-8-16-15(11-12)17-18(23-16)20(26)14-6-4-3-5-13(14)19(17)25/h3-8,11,23H,9-10H2,1-2H3,(H,22,27). The molecule has 1 heterocycles. The van der Waals surface area contributed by atoms with Gasteiger partial charge in [-0.25, -0.2) is 0 Å². The number of likely N-dealkylation sites (N-methyl/N-ethyl adjacent to an activating group) is 1. The van der Waals surface area contributed by atoms with E-state index in [9.17, 15) is 14.4 Å². The van der Waals surface area contributed by atoms with Crippen molar-refractivity contribution in [1.82, 2.24) is 15.2 Å². The molecule has 4 rings (SSSR count). The number of carbonyl (C=O) groups is 3. The molecule has 0 spiro atoms. The van der Waals surface area contributed by atoms with Crippen LogP contribution in [0.3, 0.4) is 0 Å². The van der Waals surface area contributed by atoms with Crippen LogP contribution in [0.15, 0.2) is 42.5 Å². The average Bonchev–Trinajstić information content (AvgIpc) is 3.05. The molecule has 6 nitrogen and oxygen atoms in total. The van der Waals surface area contributed by atoms with Gasteiger partial charge in [0, 0.05) is 40.7 Å². The van der Waals surface area contributed by atoms with Crippen LogP contribution < -0.4 is 5.32 Å². The lowest BCUT2D eigenvalue weighted by Crippen LogP contribution is -2.31. The summed E-state index contributed by atoms with van der Waals surface area (Å²) in [4.78, 5) is 43.2. The molecule has 0 radical (unpaired) electrons. The summed E-state index contributed by atoms with van der Waals surface area (Å²) in [6.07, 6.45) is 0. The van der Waals surface area contributed by atoms with E-state index in [4.69, 9.17) is 0 Å². The molecule has 0 bridgehead atoms. The Bertz CT molecular complexity index is 1100. The van der Waals surface area contributed by atoms with Crippen LogP contribution in [0.1, 0.15) is 42.3 Å². The zero-order valence-corrected chi connectivity index (χ0v) is 15.1. The van der Waals surface area contributed by atoms with Crippen molar-refractivity contribution in [2.24, 2.45) is 0 Å². The van der Waals surface area contributed by atoms with E-state index in [-0.39, 0.29) is 17.5 Å². The first-order valence-electron chi connectivity index (χ1n) is 8.74. The topological polar surface area (TPSA) is 82.3 Å². The molecule has 136 valence electrons. The van der Waals surface area contributed by atoms with Crippen LogP contribution in [0.4, 0.5) is 0 Å². The minimum absolute atomic E-state index is 0.198. The zero-order valence-electron chi connectivity index (χ0n) is 15.1. The first-order chi connectivity index (χ1) is 13.0. The number of ketones is 2. The molecule has 0 saturated carbocycles. The molecule has 6 heteroatoms. The van der Waals surface area contributed by atoms with Crippen molar-refractivity contribution in [1.29, 1.82) is 0 Å². The molecule has 2 aromatic carbocycles. The van der Waals surface area contributed by atoms with Gasteiger partial charge in [-0.05, 0) is 32.3 Å². The minimum Gasteiger partial charge on any atom is -0.351 e. The van der Waals surface area contributed by atoms with E-state index in [0.717, 1.165) is 6.54 Å². The molecular formula is C21H19N3O3. The fourth-order valence-electron chi connectivity index (χ4n) is 3.38. The van der Waals surface area contributed by atoms with Crippen LogP contribution in [0.2, 0.25) is 0 Å². The Kier molecular flexibility index (Phi) is 4.12. The van der Waals surface area contributed by atoms with E-state index in [0.29, 0.717) is 45.4 Å². The fourth-order valence-corrected chi connectivity index (χ4v) is 3.38. The van der Waals surface area contributed by atoms with Crippen molar-refractivity contribution in [3.05, 3.63) is 70.4 Å². The number of hydrogen-bond donors (Lipinski definition) is 2. The molecule has 1 aliphatic rings. The highest BCUT2D eigenvalue weighted by atomic mass is 16.2. The van der Waals surface area contributed by atoms with E-state index in [2.05, 4.69) is 10.3 Å². The average molecular weight is 361 g/mol. The van der Waals surface area contributed by atoms with Gasteiger partial charge in [0.05, 0.1) is 11.3 Å². The number of nitrogens with one attached hydrogen (secondary N) is 2. The number of fused-ring (bicyclic) bond motifs is 4. The van der Waals surface area contributed by atoms with Gasteiger partial charge in [0.2, 0.25) is 5.78 Å². The first kappa shape index (κ1) is 17.2. The number of hydrogen-bond acceptors (Lipinski definition) is 4. The van der Waals surface area contributed by atoms with E-state index in [1.165, 1.54) is 0 Å². The third kappa shape index (κ3) is 2.84. The molecule has 1 aromatic heterocycles. The summed E-state index contributed by atoms with van der Waals surface area (Å²) < 4.78 is 0.